The number of amides is 1. The van der Waals surface area contributed by atoms with E-state index in [0.717, 1.165) is 17.2 Å². The van der Waals surface area contributed by atoms with Crippen LogP contribution in [0.1, 0.15) is 21.7 Å². The van der Waals surface area contributed by atoms with Gasteiger partial charge in [0.25, 0.3) is 5.91 Å². The third kappa shape index (κ3) is 4.60. The van der Waals surface area contributed by atoms with Gasteiger partial charge in [-0.3, -0.25) is 9.89 Å². The summed E-state index contributed by atoms with van der Waals surface area (Å²) in [6, 6.07) is 16.2. The fourth-order valence-corrected chi connectivity index (χ4v) is 4.51. The van der Waals surface area contributed by atoms with Crippen molar-refractivity contribution in [1.29, 1.82) is 0 Å². The number of aryl methyl sites for hydroxylation is 1. The van der Waals surface area contributed by atoms with Crippen molar-refractivity contribution in [2.45, 2.75) is 18.4 Å². The fraction of sp³-hybridized carbons (Fsp3) is 0.0870. The lowest BCUT2D eigenvalue weighted by molar-refractivity contribution is 0.0991. The van der Waals surface area contributed by atoms with E-state index in [1.54, 1.807) is 49.4 Å². The number of nitrogens with one attached hydrogen (secondary N) is 2. The Labute approximate surface area is 195 Å². The molecule has 0 aliphatic heterocycles. The topological polar surface area (TPSA) is 171 Å². The predicted octanol–water partition coefficient (Wildman–Crippen LogP) is 2.44. The normalized spacial score (nSPS) is 11.4. The van der Waals surface area contributed by atoms with Crippen LogP contribution in [0.15, 0.2) is 65.6 Å². The van der Waals surface area contributed by atoms with Crippen LogP contribution in [0.4, 0.5) is 0 Å². The Bertz CT molecular complexity index is 1480. The van der Waals surface area contributed by atoms with Crippen LogP contribution in [0.3, 0.4) is 0 Å². The largest absolute Gasteiger partial charge is 0.507 e. The maximum atomic E-state index is 12.9. The summed E-state index contributed by atoms with van der Waals surface area (Å²) in [7, 11) is -4.11. The molecular weight excluding hydrogens is 458 g/mol. The highest BCUT2D eigenvalue weighted by molar-refractivity contribution is 7.89. The van der Waals surface area contributed by atoms with Gasteiger partial charge in [0.1, 0.15) is 16.4 Å². The molecule has 1 aromatic heterocycles. The number of nitrogens with zero attached hydrogens (tertiary/aromatic N) is 2. The van der Waals surface area contributed by atoms with Gasteiger partial charge in [-0.15, -0.1) is 0 Å². The number of H-pyrrole nitrogens is 1. The van der Waals surface area contributed by atoms with Crippen LogP contribution >= 0.6 is 0 Å². The van der Waals surface area contributed by atoms with Gasteiger partial charge in [0.2, 0.25) is 15.8 Å². The van der Waals surface area contributed by atoms with E-state index in [0.29, 0.717) is 11.1 Å². The summed E-state index contributed by atoms with van der Waals surface area (Å²) < 4.78 is 28.3. The first kappa shape index (κ1) is 23.0. The van der Waals surface area contributed by atoms with Crippen LogP contribution in [0.2, 0.25) is 0 Å². The van der Waals surface area contributed by atoms with Crippen molar-refractivity contribution in [2.24, 2.45) is 5.73 Å². The molecule has 0 fully saturated rings. The van der Waals surface area contributed by atoms with Crippen molar-refractivity contribution >= 4 is 15.9 Å². The molecule has 0 atom stereocenters. The van der Waals surface area contributed by atoms with Gasteiger partial charge < -0.3 is 15.9 Å². The lowest BCUT2D eigenvalue weighted by atomic mass is 9.97. The monoisotopic (exact) mass is 479 g/mol. The van der Waals surface area contributed by atoms with Crippen LogP contribution in [-0.2, 0) is 16.6 Å². The van der Waals surface area contributed by atoms with E-state index in [1.807, 2.05) is 6.07 Å². The summed E-state index contributed by atoms with van der Waals surface area (Å²) >= 11 is 0. The number of hydrogen-bond donors (Lipinski definition) is 5. The third-order valence-corrected chi connectivity index (χ3v) is 6.61. The van der Waals surface area contributed by atoms with E-state index in [9.17, 15) is 23.4 Å². The van der Waals surface area contributed by atoms with Gasteiger partial charge in [-0.2, -0.15) is 5.10 Å². The lowest BCUT2D eigenvalue weighted by Gasteiger charge is -2.14. The number of benzene rings is 3. The first-order valence-electron chi connectivity index (χ1n) is 10.1. The molecule has 0 aliphatic rings. The molecule has 1 amide bonds. The summed E-state index contributed by atoms with van der Waals surface area (Å²) in [6.07, 6.45) is 0. The Morgan fingerprint density at radius 3 is 2.44 bits per heavy atom. The Balaban J connectivity index is 1.74. The SMILES string of the molecule is Cc1ccc(-c2n[nH]c(C(N)=O)n2)cc1-c1cc(S(=O)(=O)NCc2ccccc2)c(O)cc1O. The zero-order chi connectivity index (χ0) is 24.5. The number of aromatic nitrogens is 3. The average Bonchev–Trinajstić information content (AvgIpc) is 3.30. The molecule has 1 heterocycles. The van der Waals surface area contributed by atoms with Crippen LogP contribution in [0.25, 0.3) is 22.5 Å². The molecule has 11 heteroatoms. The summed E-state index contributed by atoms with van der Waals surface area (Å²) in [4.78, 5) is 15.0. The van der Waals surface area contributed by atoms with Gasteiger partial charge in [-0.05, 0) is 35.7 Å². The number of phenolic OH excluding ortho intramolecular Hbond substituents is 2. The lowest BCUT2D eigenvalue weighted by Crippen LogP contribution is -2.23. The molecule has 0 aliphatic carbocycles. The number of sulfonamides is 1. The molecule has 0 saturated heterocycles. The van der Waals surface area contributed by atoms with Gasteiger partial charge in [0.05, 0.1) is 0 Å². The van der Waals surface area contributed by atoms with Crippen molar-refractivity contribution in [3.05, 3.63) is 77.6 Å². The van der Waals surface area contributed by atoms with Gasteiger partial charge in [0, 0.05) is 23.7 Å². The molecule has 6 N–H and O–H groups in total. The Hall–Kier alpha value is -4.22. The highest BCUT2D eigenvalue weighted by Gasteiger charge is 2.23. The second-order valence-electron chi connectivity index (χ2n) is 7.55. The maximum Gasteiger partial charge on any atom is 0.286 e. The smallest absolute Gasteiger partial charge is 0.286 e. The predicted molar refractivity (Wildman–Crippen MR) is 124 cm³/mol. The highest BCUT2D eigenvalue weighted by Crippen LogP contribution is 2.39. The summed E-state index contributed by atoms with van der Waals surface area (Å²) in [5.74, 6) is -1.57. The minimum atomic E-state index is -4.11. The number of hydrogen-bond acceptors (Lipinski definition) is 7. The van der Waals surface area contributed by atoms with Crippen molar-refractivity contribution in [3.8, 4) is 34.0 Å². The van der Waals surface area contributed by atoms with E-state index in [4.69, 9.17) is 5.73 Å². The van der Waals surface area contributed by atoms with E-state index in [1.165, 1.54) is 6.07 Å². The van der Waals surface area contributed by atoms with E-state index < -0.39 is 21.7 Å². The van der Waals surface area contributed by atoms with Crippen LogP contribution in [-0.4, -0.2) is 39.7 Å². The molecule has 0 radical (unpaired) electrons. The van der Waals surface area contributed by atoms with Gasteiger partial charge in [-0.25, -0.2) is 18.1 Å². The number of aromatic amines is 1. The maximum absolute atomic E-state index is 12.9. The van der Waals surface area contributed by atoms with Gasteiger partial charge in [-0.1, -0.05) is 42.5 Å². The van der Waals surface area contributed by atoms with Gasteiger partial charge >= 0.3 is 0 Å². The number of rotatable bonds is 7. The van der Waals surface area contributed by atoms with Crippen molar-refractivity contribution < 1.29 is 23.4 Å². The molecule has 3 aromatic carbocycles. The standard InChI is InChI=1S/C23H21N5O5S/c1-13-7-8-15(22-26-23(21(24)31)28-27-22)9-16(13)17-10-20(19(30)11-18(17)29)34(32,33)25-12-14-5-3-2-4-6-14/h2-11,25,29-30H,12H2,1H3,(H2,24,31)(H,26,27,28). The Morgan fingerprint density at radius 2 is 1.76 bits per heavy atom. The summed E-state index contributed by atoms with van der Waals surface area (Å²) in [5.41, 5.74) is 7.85. The first-order chi connectivity index (χ1) is 16.2. The second-order valence-corrected chi connectivity index (χ2v) is 9.28. The van der Waals surface area contributed by atoms with Crippen LogP contribution in [0, 0.1) is 6.92 Å². The number of carbonyl (C=O) groups excluding carboxylic acids is 1. The number of nitrogens with two attached hydrogens (primary N) is 1. The van der Waals surface area contributed by atoms with Crippen LogP contribution in [0.5, 0.6) is 11.5 Å². The van der Waals surface area contributed by atoms with E-state index in [-0.39, 0.29) is 34.4 Å². The minimum Gasteiger partial charge on any atom is -0.507 e. The molecule has 4 rings (SSSR count). The molecular formula is C23H21N5O5S. The number of carbonyl (C=O) groups is 1. The van der Waals surface area contributed by atoms with Crippen molar-refractivity contribution in [2.75, 3.05) is 0 Å². The highest BCUT2D eigenvalue weighted by atomic mass is 32.2. The molecule has 0 unspecified atom stereocenters. The number of aromatic hydroxyl groups is 2. The fourth-order valence-electron chi connectivity index (χ4n) is 3.39. The van der Waals surface area contributed by atoms with E-state index in [2.05, 4.69) is 19.9 Å². The molecule has 10 nitrogen and oxygen atoms in total. The molecule has 4 aromatic rings. The molecule has 34 heavy (non-hydrogen) atoms. The number of phenols is 2. The zero-order valence-electron chi connectivity index (χ0n) is 18.0. The quantitative estimate of drug-likeness (QED) is 0.271. The van der Waals surface area contributed by atoms with Crippen molar-refractivity contribution in [1.82, 2.24) is 19.9 Å². The molecule has 0 saturated carbocycles. The molecule has 174 valence electrons. The zero-order valence-corrected chi connectivity index (χ0v) is 18.8. The Morgan fingerprint density at radius 1 is 1.03 bits per heavy atom. The minimum absolute atomic E-state index is 0.0281. The Kier molecular flexibility index (Phi) is 6.05. The molecule has 0 bridgehead atoms. The molecule has 0 spiro atoms. The van der Waals surface area contributed by atoms with Crippen molar-refractivity contribution in [3.63, 3.8) is 0 Å². The second kappa shape index (κ2) is 8.96. The number of primary amides is 1. The average molecular weight is 480 g/mol. The third-order valence-electron chi connectivity index (χ3n) is 5.18. The first-order valence-corrected chi connectivity index (χ1v) is 11.6. The summed E-state index contributed by atoms with van der Waals surface area (Å²) in [5, 5.41) is 27.3. The van der Waals surface area contributed by atoms with Gasteiger partial charge in [0.15, 0.2) is 5.82 Å². The summed E-state index contributed by atoms with van der Waals surface area (Å²) in [6.45, 7) is 1.81. The van der Waals surface area contributed by atoms with Crippen LogP contribution < -0.4 is 10.5 Å². The van der Waals surface area contributed by atoms with E-state index >= 15 is 0 Å².